The second-order valence-corrected chi connectivity index (χ2v) is 7.09. The minimum Gasteiger partial charge on any atom is -0.396 e. The van der Waals surface area contributed by atoms with Crippen LogP contribution in [0.5, 0.6) is 0 Å². The van der Waals surface area contributed by atoms with E-state index in [1.807, 2.05) is 0 Å². The highest BCUT2D eigenvalue weighted by Gasteiger charge is 2.23. The van der Waals surface area contributed by atoms with Gasteiger partial charge in [0.1, 0.15) is 16.5 Å². The van der Waals surface area contributed by atoms with E-state index in [0.29, 0.717) is 11.7 Å². The number of anilines is 1. The van der Waals surface area contributed by atoms with Crippen LogP contribution in [-0.2, 0) is 6.54 Å². The van der Waals surface area contributed by atoms with Crippen LogP contribution in [0.1, 0.15) is 29.1 Å². The lowest BCUT2D eigenvalue weighted by atomic mass is 10.1. The van der Waals surface area contributed by atoms with Gasteiger partial charge < -0.3 is 10.8 Å². The SMILES string of the molecule is Cc1sc2nc(CN3CCC(CCO)C3)nc(N)c2c1C. The Morgan fingerprint density at radius 3 is 2.95 bits per heavy atom. The summed E-state index contributed by atoms with van der Waals surface area (Å²) in [6.45, 7) is 7.27. The average Bonchev–Trinajstić information content (AvgIpc) is 2.96. The van der Waals surface area contributed by atoms with Crippen molar-refractivity contribution in [1.29, 1.82) is 0 Å². The number of aliphatic hydroxyl groups excluding tert-OH is 1. The van der Waals surface area contributed by atoms with Crippen molar-refractivity contribution in [2.24, 2.45) is 5.92 Å². The highest BCUT2D eigenvalue weighted by atomic mass is 32.1. The number of nitrogen functional groups attached to an aromatic ring is 1. The first-order valence-electron chi connectivity index (χ1n) is 7.43. The van der Waals surface area contributed by atoms with Gasteiger partial charge in [-0.25, -0.2) is 9.97 Å². The standard InChI is InChI=1S/C15H22N4OS/c1-9-10(2)21-15-13(9)14(16)17-12(18-15)8-19-5-3-11(7-19)4-6-20/h11,20H,3-8H2,1-2H3,(H2,16,17,18). The fourth-order valence-corrected chi connectivity index (χ4v) is 4.13. The maximum absolute atomic E-state index is 9.03. The zero-order chi connectivity index (χ0) is 15.0. The molecule has 2 aromatic heterocycles. The Bertz CT molecular complexity index is 655. The smallest absolute Gasteiger partial charge is 0.146 e. The molecule has 2 aromatic rings. The Morgan fingerprint density at radius 2 is 2.19 bits per heavy atom. The summed E-state index contributed by atoms with van der Waals surface area (Å²) in [5.74, 6) is 2.01. The Labute approximate surface area is 128 Å². The minimum atomic E-state index is 0.279. The van der Waals surface area contributed by atoms with E-state index in [-0.39, 0.29) is 6.61 Å². The van der Waals surface area contributed by atoms with E-state index in [0.717, 1.165) is 48.5 Å². The van der Waals surface area contributed by atoms with Crippen LogP contribution in [0.3, 0.4) is 0 Å². The topological polar surface area (TPSA) is 75.3 Å². The van der Waals surface area contributed by atoms with Gasteiger partial charge in [-0.1, -0.05) is 0 Å². The molecule has 0 saturated carbocycles. The first kappa shape index (κ1) is 14.7. The molecule has 0 bridgehead atoms. The predicted molar refractivity (Wildman–Crippen MR) is 86.4 cm³/mol. The number of thiophene rings is 1. The van der Waals surface area contributed by atoms with Crippen LogP contribution in [0.4, 0.5) is 5.82 Å². The van der Waals surface area contributed by atoms with Gasteiger partial charge >= 0.3 is 0 Å². The van der Waals surface area contributed by atoms with E-state index in [1.165, 1.54) is 10.4 Å². The molecular weight excluding hydrogens is 284 g/mol. The van der Waals surface area contributed by atoms with Crippen molar-refractivity contribution in [1.82, 2.24) is 14.9 Å². The number of nitrogens with two attached hydrogens (primary N) is 1. The molecule has 1 unspecified atom stereocenters. The Balaban J connectivity index is 1.79. The summed E-state index contributed by atoms with van der Waals surface area (Å²) < 4.78 is 0. The molecule has 1 fully saturated rings. The van der Waals surface area contributed by atoms with Gasteiger partial charge in [-0.15, -0.1) is 11.3 Å². The summed E-state index contributed by atoms with van der Waals surface area (Å²) in [5, 5.41) is 10.0. The van der Waals surface area contributed by atoms with Crippen LogP contribution in [0.15, 0.2) is 0 Å². The van der Waals surface area contributed by atoms with Crippen molar-refractivity contribution < 1.29 is 5.11 Å². The molecule has 114 valence electrons. The van der Waals surface area contributed by atoms with E-state index in [4.69, 9.17) is 10.8 Å². The number of aryl methyl sites for hydroxylation is 2. The molecule has 5 nitrogen and oxygen atoms in total. The van der Waals surface area contributed by atoms with Crippen molar-refractivity contribution in [3.05, 3.63) is 16.3 Å². The van der Waals surface area contributed by atoms with E-state index in [9.17, 15) is 0 Å². The number of aliphatic hydroxyl groups is 1. The normalized spacial score (nSPS) is 19.7. The molecule has 3 heterocycles. The number of aromatic nitrogens is 2. The molecule has 0 radical (unpaired) electrons. The lowest BCUT2D eigenvalue weighted by molar-refractivity contribution is 0.248. The van der Waals surface area contributed by atoms with Gasteiger partial charge in [0.25, 0.3) is 0 Å². The quantitative estimate of drug-likeness (QED) is 0.904. The summed E-state index contributed by atoms with van der Waals surface area (Å²) in [6.07, 6.45) is 2.04. The van der Waals surface area contributed by atoms with Gasteiger partial charge in [-0.2, -0.15) is 0 Å². The zero-order valence-corrected chi connectivity index (χ0v) is 13.4. The molecule has 1 saturated heterocycles. The first-order valence-corrected chi connectivity index (χ1v) is 8.25. The first-order chi connectivity index (χ1) is 10.1. The maximum atomic E-state index is 9.03. The maximum Gasteiger partial charge on any atom is 0.146 e. The molecule has 1 aliphatic heterocycles. The van der Waals surface area contributed by atoms with Gasteiger partial charge in [-0.3, -0.25) is 4.90 Å². The number of nitrogens with zero attached hydrogens (tertiary/aromatic N) is 3. The Kier molecular flexibility index (Phi) is 4.10. The molecule has 0 aromatic carbocycles. The molecule has 3 N–H and O–H groups in total. The molecule has 0 spiro atoms. The van der Waals surface area contributed by atoms with Crippen LogP contribution in [0.2, 0.25) is 0 Å². The van der Waals surface area contributed by atoms with E-state index >= 15 is 0 Å². The van der Waals surface area contributed by atoms with E-state index in [2.05, 4.69) is 28.7 Å². The van der Waals surface area contributed by atoms with Gasteiger partial charge in [0.2, 0.25) is 0 Å². The molecule has 21 heavy (non-hydrogen) atoms. The molecule has 1 atom stereocenters. The van der Waals surface area contributed by atoms with Crippen molar-refractivity contribution in [2.45, 2.75) is 33.2 Å². The number of hydrogen-bond acceptors (Lipinski definition) is 6. The molecule has 6 heteroatoms. The lowest BCUT2D eigenvalue weighted by Crippen LogP contribution is -2.22. The summed E-state index contributed by atoms with van der Waals surface area (Å²) in [5.41, 5.74) is 7.32. The van der Waals surface area contributed by atoms with Gasteiger partial charge in [-0.05, 0) is 44.7 Å². The van der Waals surface area contributed by atoms with Crippen LogP contribution in [0.25, 0.3) is 10.2 Å². The number of likely N-dealkylation sites (tertiary alicyclic amines) is 1. The highest BCUT2D eigenvalue weighted by molar-refractivity contribution is 7.18. The molecule has 0 amide bonds. The number of rotatable bonds is 4. The third-order valence-corrected chi connectivity index (χ3v) is 5.48. The van der Waals surface area contributed by atoms with Crippen molar-refractivity contribution >= 4 is 27.4 Å². The average molecular weight is 306 g/mol. The zero-order valence-electron chi connectivity index (χ0n) is 12.6. The fraction of sp³-hybridized carbons (Fsp3) is 0.600. The fourth-order valence-electron chi connectivity index (χ4n) is 3.07. The molecule has 1 aliphatic rings. The van der Waals surface area contributed by atoms with Gasteiger partial charge in [0.15, 0.2) is 0 Å². The number of hydrogen-bond donors (Lipinski definition) is 2. The second kappa shape index (κ2) is 5.87. The summed E-state index contributed by atoms with van der Waals surface area (Å²) in [4.78, 5) is 13.8. The van der Waals surface area contributed by atoms with E-state index in [1.54, 1.807) is 11.3 Å². The van der Waals surface area contributed by atoms with Gasteiger partial charge in [0, 0.05) is 18.0 Å². The van der Waals surface area contributed by atoms with Crippen LogP contribution >= 0.6 is 11.3 Å². The summed E-state index contributed by atoms with van der Waals surface area (Å²) in [7, 11) is 0. The lowest BCUT2D eigenvalue weighted by Gasteiger charge is -2.15. The molecule has 0 aliphatic carbocycles. The third-order valence-electron chi connectivity index (χ3n) is 4.38. The van der Waals surface area contributed by atoms with Crippen LogP contribution in [0, 0.1) is 19.8 Å². The third kappa shape index (κ3) is 2.88. The molecular formula is C15H22N4OS. The van der Waals surface area contributed by atoms with Gasteiger partial charge in [0.05, 0.1) is 11.9 Å². The van der Waals surface area contributed by atoms with Crippen molar-refractivity contribution in [2.75, 3.05) is 25.4 Å². The Morgan fingerprint density at radius 1 is 1.38 bits per heavy atom. The summed E-state index contributed by atoms with van der Waals surface area (Å²) in [6, 6.07) is 0. The monoisotopic (exact) mass is 306 g/mol. The van der Waals surface area contributed by atoms with Crippen molar-refractivity contribution in [3.63, 3.8) is 0 Å². The summed E-state index contributed by atoms with van der Waals surface area (Å²) >= 11 is 1.69. The Hall–Kier alpha value is -1.24. The highest BCUT2D eigenvalue weighted by Crippen LogP contribution is 2.32. The largest absolute Gasteiger partial charge is 0.396 e. The second-order valence-electron chi connectivity index (χ2n) is 5.89. The predicted octanol–water partition coefficient (Wildman–Crippen LogP) is 2.09. The van der Waals surface area contributed by atoms with E-state index < -0.39 is 0 Å². The van der Waals surface area contributed by atoms with Crippen LogP contribution in [-0.4, -0.2) is 39.7 Å². The molecule has 3 rings (SSSR count). The van der Waals surface area contributed by atoms with Crippen molar-refractivity contribution in [3.8, 4) is 0 Å². The number of fused-ring (bicyclic) bond motifs is 1. The van der Waals surface area contributed by atoms with Crippen LogP contribution < -0.4 is 5.73 Å². The minimum absolute atomic E-state index is 0.279.